The van der Waals surface area contributed by atoms with Crippen LogP contribution in [0.25, 0.3) is 0 Å². The minimum absolute atomic E-state index is 0.0406. The van der Waals surface area contributed by atoms with Crippen molar-refractivity contribution in [3.8, 4) is 5.06 Å². The van der Waals surface area contributed by atoms with E-state index in [1.54, 1.807) is 7.11 Å². The zero-order chi connectivity index (χ0) is 13.4. The second-order valence-electron chi connectivity index (χ2n) is 5.44. The molecule has 2 unspecified atom stereocenters. The van der Waals surface area contributed by atoms with Gasteiger partial charge in [-0.3, -0.25) is 9.69 Å². The van der Waals surface area contributed by atoms with E-state index in [1.807, 2.05) is 12.1 Å². The van der Waals surface area contributed by atoms with Crippen molar-refractivity contribution in [2.45, 2.75) is 31.8 Å². The predicted octanol–water partition coefficient (Wildman–Crippen LogP) is 1.97. The number of thiophene rings is 1. The van der Waals surface area contributed by atoms with E-state index in [4.69, 9.17) is 4.74 Å². The summed E-state index contributed by atoms with van der Waals surface area (Å²) < 4.78 is 5.14. The lowest BCUT2D eigenvalue weighted by atomic mass is 9.79. The van der Waals surface area contributed by atoms with Gasteiger partial charge in [0.25, 0.3) is 5.91 Å². The van der Waals surface area contributed by atoms with Gasteiger partial charge in [0.15, 0.2) is 5.06 Å². The summed E-state index contributed by atoms with van der Waals surface area (Å²) in [5.41, 5.74) is 0. The number of fused-ring (bicyclic) bond motifs is 3. The molecule has 1 aromatic heterocycles. The molecule has 0 aliphatic carbocycles. The van der Waals surface area contributed by atoms with Gasteiger partial charge in [0.1, 0.15) is 0 Å². The van der Waals surface area contributed by atoms with Crippen molar-refractivity contribution in [2.75, 3.05) is 20.2 Å². The highest BCUT2D eigenvalue weighted by Crippen LogP contribution is 2.32. The van der Waals surface area contributed by atoms with Gasteiger partial charge < -0.3 is 10.1 Å². The van der Waals surface area contributed by atoms with Gasteiger partial charge in [-0.15, -0.1) is 0 Å². The zero-order valence-electron chi connectivity index (χ0n) is 11.4. The summed E-state index contributed by atoms with van der Waals surface area (Å²) in [6.07, 6.45) is 2.42. The van der Waals surface area contributed by atoms with E-state index in [-0.39, 0.29) is 5.91 Å². The molecule has 19 heavy (non-hydrogen) atoms. The second kappa shape index (κ2) is 5.13. The molecule has 3 fully saturated rings. The van der Waals surface area contributed by atoms with E-state index in [2.05, 4.69) is 17.1 Å². The number of methoxy groups -OCH3 is 1. The first-order valence-corrected chi connectivity index (χ1v) is 7.69. The monoisotopic (exact) mass is 280 g/mol. The maximum Gasteiger partial charge on any atom is 0.261 e. The molecule has 1 aromatic rings. The van der Waals surface area contributed by atoms with Crippen LogP contribution in [-0.2, 0) is 0 Å². The smallest absolute Gasteiger partial charge is 0.261 e. The highest BCUT2D eigenvalue weighted by atomic mass is 32.1. The lowest BCUT2D eigenvalue weighted by Crippen LogP contribution is -2.62. The van der Waals surface area contributed by atoms with Crippen LogP contribution in [0.4, 0.5) is 0 Å². The predicted molar refractivity (Wildman–Crippen MR) is 75.9 cm³/mol. The molecule has 2 bridgehead atoms. The van der Waals surface area contributed by atoms with Crippen molar-refractivity contribution in [3.63, 3.8) is 0 Å². The Hall–Kier alpha value is -1.07. The Morgan fingerprint density at radius 3 is 2.74 bits per heavy atom. The number of piperidine rings is 3. The molecule has 0 radical (unpaired) electrons. The molecule has 0 saturated carbocycles. The molecule has 1 amide bonds. The molecular formula is C14H20N2O2S. The Labute approximate surface area is 117 Å². The van der Waals surface area contributed by atoms with E-state index in [0.29, 0.717) is 18.0 Å². The van der Waals surface area contributed by atoms with E-state index in [1.165, 1.54) is 37.3 Å². The molecule has 5 heteroatoms. The summed E-state index contributed by atoms with van der Waals surface area (Å²) >= 11 is 1.40. The highest BCUT2D eigenvalue weighted by molar-refractivity contribution is 7.15. The van der Waals surface area contributed by atoms with Crippen LogP contribution in [0.1, 0.15) is 29.4 Å². The maximum absolute atomic E-state index is 12.3. The number of rotatable bonds is 3. The summed E-state index contributed by atoms with van der Waals surface area (Å²) in [7, 11) is 1.63. The fourth-order valence-electron chi connectivity index (χ4n) is 3.32. The number of nitrogens with zero attached hydrogens (tertiary/aromatic N) is 1. The highest BCUT2D eigenvalue weighted by Gasteiger charge is 2.40. The van der Waals surface area contributed by atoms with Crippen LogP contribution >= 0.6 is 11.3 Å². The van der Waals surface area contributed by atoms with E-state index >= 15 is 0 Å². The fraction of sp³-hybridized carbons (Fsp3) is 0.643. The van der Waals surface area contributed by atoms with Gasteiger partial charge in [0, 0.05) is 12.1 Å². The Balaban J connectivity index is 1.69. The molecule has 3 aliphatic heterocycles. The number of carbonyl (C=O) groups is 1. The number of ether oxygens (including phenoxy) is 1. The second-order valence-corrected chi connectivity index (χ2v) is 6.48. The zero-order valence-corrected chi connectivity index (χ0v) is 12.2. The summed E-state index contributed by atoms with van der Waals surface area (Å²) in [6.45, 7) is 4.60. The van der Waals surface area contributed by atoms with E-state index in [0.717, 1.165) is 9.94 Å². The van der Waals surface area contributed by atoms with Gasteiger partial charge in [-0.05, 0) is 50.9 Å². The van der Waals surface area contributed by atoms with Crippen LogP contribution in [-0.4, -0.2) is 43.1 Å². The lowest BCUT2D eigenvalue weighted by molar-refractivity contribution is 0.0218. The molecule has 2 atom stereocenters. The normalized spacial score (nSPS) is 33.2. The van der Waals surface area contributed by atoms with Crippen molar-refractivity contribution in [1.29, 1.82) is 0 Å². The minimum Gasteiger partial charge on any atom is -0.487 e. The fourth-order valence-corrected chi connectivity index (χ4v) is 4.04. The summed E-state index contributed by atoms with van der Waals surface area (Å²) in [4.78, 5) is 15.5. The Kier molecular flexibility index (Phi) is 3.50. The number of nitrogens with one attached hydrogen (secondary N) is 1. The first-order valence-electron chi connectivity index (χ1n) is 6.88. The van der Waals surface area contributed by atoms with Crippen molar-refractivity contribution < 1.29 is 9.53 Å². The van der Waals surface area contributed by atoms with Gasteiger partial charge in [-0.25, -0.2) is 0 Å². The lowest BCUT2D eigenvalue weighted by Gasteiger charge is -2.49. The van der Waals surface area contributed by atoms with Gasteiger partial charge in [-0.2, -0.15) is 0 Å². The van der Waals surface area contributed by atoms with E-state index < -0.39 is 0 Å². The van der Waals surface area contributed by atoms with Crippen LogP contribution < -0.4 is 10.1 Å². The molecule has 4 rings (SSSR count). The third-order valence-electron chi connectivity index (χ3n) is 4.48. The van der Waals surface area contributed by atoms with Crippen LogP contribution in [0, 0.1) is 5.92 Å². The number of amides is 1. The Morgan fingerprint density at radius 1 is 1.42 bits per heavy atom. The molecule has 4 nitrogen and oxygen atoms in total. The van der Waals surface area contributed by atoms with Crippen LogP contribution in [0.5, 0.6) is 5.06 Å². The van der Waals surface area contributed by atoms with Crippen LogP contribution in [0.2, 0.25) is 0 Å². The molecule has 4 heterocycles. The topological polar surface area (TPSA) is 41.6 Å². The average Bonchev–Trinajstić information content (AvgIpc) is 2.92. The van der Waals surface area contributed by atoms with Crippen molar-refractivity contribution in [1.82, 2.24) is 10.2 Å². The summed E-state index contributed by atoms with van der Waals surface area (Å²) in [6, 6.07) is 4.44. The van der Waals surface area contributed by atoms with Crippen molar-refractivity contribution >= 4 is 17.2 Å². The Bertz CT molecular complexity index is 464. The van der Waals surface area contributed by atoms with Gasteiger partial charge in [0.2, 0.25) is 0 Å². The molecule has 3 aliphatic rings. The maximum atomic E-state index is 12.3. The summed E-state index contributed by atoms with van der Waals surface area (Å²) in [5, 5.41) is 4.01. The Morgan fingerprint density at radius 2 is 2.16 bits per heavy atom. The molecule has 104 valence electrons. The van der Waals surface area contributed by atoms with Crippen molar-refractivity contribution in [3.05, 3.63) is 17.0 Å². The van der Waals surface area contributed by atoms with Crippen LogP contribution in [0.3, 0.4) is 0 Å². The average molecular weight is 280 g/mol. The molecule has 0 aromatic carbocycles. The van der Waals surface area contributed by atoms with E-state index in [9.17, 15) is 4.79 Å². The summed E-state index contributed by atoms with van der Waals surface area (Å²) in [5.74, 6) is 0.685. The molecule has 3 saturated heterocycles. The van der Waals surface area contributed by atoms with Crippen LogP contribution in [0.15, 0.2) is 12.1 Å². The first kappa shape index (κ1) is 12.9. The quantitative estimate of drug-likeness (QED) is 0.920. The molecule has 1 N–H and O–H groups in total. The van der Waals surface area contributed by atoms with Crippen molar-refractivity contribution in [2.24, 2.45) is 5.92 Å². The third-order valence-corrected chi connectivity index (χ3v) is 5.53. The number of carbonyl (C=O) groups excluding carboxylic acids is 1. The van der Waals surface area contributed by atoms with Gasteiger partial charge in [-0.1, -0.05) is 11.3 Å². The standard InChI is InChI=1S/C14H20N2O2S/c1-9-13(10-5-7-16(9)8-6-10)15-14(17)11-3-4-12(18-2)19-11/h3-4,9-10,13H,5-8H2,1-2H3,(H,15,17). The van der Waals surface area contributed by atoms with Gasteiger partial charge in [0.05, 0.1) is 12.0 Å². The SMILES string of the molecule is COc1ccc(C(=O)NC2C3CCN(CC3)C2C)s1. The third kappa shape index (κ3) is 2.37. The molecule has 0 spiro atoms. The minimum atomic E-state index is 0.0406. The number of hydrogen-bond donors (Lipinski definition) is 1. The number of hydrogen-bond acceptors (Lipinski definition) is 4. The molecular weight excluding hydrogens is 260 g/mol. The van der Waals surface area contributed by atoms with Gasteiger partial charge >= 0.3 is 0 Å². The first-order chi connectivity index (χ1) is 9.19. The largest absolute Gasteiger partial charge is 0.487 e.